The number of rotatable bonds is 3. The Hall–Kier alpha value is -2.47. The van der Waals surface area contributed by atoms with Gasteiger partial charge >= 0.3 is 0 Å². The average molecular weight is 351 g/mol. The number of nitrogens with zero attached hydrogens (tertiary/aromatic N) is 1. The average Bonchev–Trinajstić information content (AvgIpc) is 2.91. The lowest BCUT2D eigenvalue weighted by Crippen LogP contribution is -2.29. The molecule has 0 saturated carbocycles. The molecule has 2 aromatic rings. The third-order valence-electron chi connectivity index (χ3n) is 3.82. The molecule has 1 unspecified atom stereocenters. The van der Waals surface area contributed by atoms with Gasteiger partial charge in [-0.2, -0.15) is 0 Å². The molecule has 0 spiro atoms. The molecule has 1 atom stereocenters. The fraction of sp³-hybridized carbons (Fsp3) is 0.176. The minimum absolute atomic E-state index is 0.0733. The van der Waals surface area contributed by atoms with E-state index in [2.05, 4.69) is 5.32 Å². The zero-order valence-corrected chi connectivity index (χ0v) is 13.2. The van der Waals surface area contributed by atoms with Gasteiger partial charge in [0.15, 0.2) is 0 Å². The molecule has 3 rings (SSSR count). The first kappa shape index (κ1) is 16.4. The van der Waals surface area contributed by atoms with Crippen molar-refractivity contribution in [3.63, 3.8) is 0 Å². The summed E-state index contributed by atoms with van der Waals surface area (Å²) >= 11 is 5.78. The van der Waals surface area contributed by atoms with Gasteiger partial charge in [-0.25, -0.2) is 8.78 Å². The summed E-state index contributed by atoms with van der Waals surface area (Å²) in [7, 11) is 0. The second-order valence-electron chi connectivity index (χ2n) is 5.47. The van der Waals surface area contributed by atoms with Crippen LogP contribution in [0.3, 0.4) is 0 Å². The van der Waals surface area contributed by atoms with E-state index in [1.807, 2.05) is 0 Å². The van der Waals surface area contributed by atoms with Crippen molar-refractivity contribution in [3.8, 4) is 0 Å². The largest absolute Gasteiger partial charge is 0.326 e. The van der Waals surface area contributed by atoms with Crippen LogP contribution in [-0.2, 0) is 9.59 Å². The molecule has 2 amide bonds. The van der Waals surface area contributed by atoms with Crippen LogP contribution in [0.5, 0.6) is 0 Å². The smallest absolute Gasteiger partial charge is 0.229 e. The lowest BCUT2D eigenvalue weighted by Gasteiger charge is -2.18. The zero-order chi connectivity index (χ0) is 17.3. The minimum Gasteiger partial charge on any atom is -0.326 e. The quantitative estimate of drug-likeness (QED) is 0.919. The second kappa shape index (κ2) is 6.57. The molecule has 7 heteroatoms. The van der Waals surface area contributed by atoms with Crippen LogP contribution < -0.4 is 10.2 Å². The van der Waals surface area contributed by atoms with E-state index >= 15 is 0 Å². The standard InChI is InChI=1S/C17H13ClF2N2O2/c18-11-4-6-12(7-5-11)21-17(24)10-8-15(23)22(9-10)16-13(19)2-1-3-14(16)20/h1-7,10H,8-9H2,(H,21,24). The Morgan fingerprint density at radius 2 is 1.75 bits per heavy atom. The number of carbonyl (C=O) groups is 2. The summed E-state index contributed by atoms with van der Waals surface area (Å²) < 4.78 is 27.7. The first-order chi connectivity index (χ1) is 11.5. The van der Waals surface area contributed by atoms with Crippen molar-refractivity contribution >= 4 is 34.8 Å². The molecule has 1 aliphatic heterocycles. The Kier molecular flexibility index (Phi) is 4.49. The molecule has 2 aromatic carbocycles. The Bertz CT molecular complexity index is 775. The van der Waals surface area contributed by atoms with E-state index in [-0.39, 0.29) is 18.9 Å². The van der Waals surface area contributed by atoms with Gasteiger partial charge in [-0.1, -0.05) is 17.7 Å². The fourth-order valence-electron chi connectivity index (χ4n) is 2.62. The SMILES string of the molecule is O=C(Nc1ccc(Cl)cc1)C1CC(=O)N(c2c(F)cccc2F)C1. The molecule has 0 aromatic heterocycles. The first-order valence-corrected chi connectivity index (χ1v) is 7.64. The highest BCUT2D eigenvalue weighted by Gasteiger charge is 2.37. The Morgan fingerprint density at radius 1 is 1.12 bits per heavy atom. The fourth-order valence-corrected chi connectivity index (χ4v) is 2.75. The lowest BCUT2D eigenvalue weighted by molar-refractivity contribution is -0.122. The second-order valence-corrected chi connectivity index (χ2v) is 5.91. The van der Waals surface area contributed by atoms with Crippen LogP contribution in [0.1, 0.15) is 6.42 Å². The molecule has 0 aliphatic carbocycles. The van der Waals surface area contributed by atoms with Crippen molar-refractivity contribution in [2.75, 3.05) is 16.8 Å². The zero-order valence-electron chi connectivity index (χ0n) is 12.4. The van der Waals surface area contributed by atoms with Crippen molar-refractivity contribution in [2.24, 2.45) is 5.92 Å². The highest BCUT2D eigenvalue weighted by Crippen LogP contribution is 2.30. The number of benzene rings is 2. The molecule has 0 radical (unpaired) electrons. The summed E-state index contributed by atoms with van der Waals surface area (Å²) in [6.45, 7) is -0.0733. The molecule has 1 N–H and O–H groups in total. The Balaban J connectivity index is 1.74. The highest BCUT2D eigenvalue weighted by molar-refractivity contribution is 6.30. The minimum atomic E-state index is -0.831. The molecule has 0 bridgehead atoms. The number of hydrogen-bond acceptors (Lipinski definition) is 2. The Morgan fingerprint density at radius 3 is 2.38 bits per heavy atom. The van der Waals surface area contributed by atoms with E-state index in [1.165, 1.54) is 6.07 Å². The molecule has 1 saturated heterocycles. The maximum absolute atomic E-state index is 13.8. The molecule has 1 fully saturated rings. The van der Waals surface area contributed by atoms with Crippen molar-refractivity contribution < 1.29 is 18.4 Å². The molecular weight excluding hydrogens is 338 g/mol. The number of carbonyl (C=O) groups excluding carboxylic acids is 2. The number of anilines is 2. The van der Waals surface area contributed by atoms with E-state index in [4.69, 9.17) is 11.6 Å². The van der Waals surface area contributed by atoms with Crippen LogP contribution >= 0.6 is 11.6 Å². The van der Waals surface area contributed by atoms with Crippen LogP contribution in [0, 0.1) is 17.6 Å². The maximum Gasteiger partial charge on any atom is 0.229 e. The normalized spacial score (nSPS) is 17.2. The van der Waals surface area contributed by atoms with Gasteiger partial charge in [0.25, 0.3) is 0 Å². The van der Waals surface area contributed by atoms with Crippen molar-refractivity contribution in [3.05, 3.63) is 59.1 Å². The van der Waals surface area contributed by atoms with E-state index in [0.29, 0.717) is 10.7 Å². The van der Waals surface area contributed by atoms with Crippen LogP contribution in [0.2, 0.25) is 5.02 Å². The van der Waals surface area contributed by atoms with Gasteiger partial charge in [-0.3, -0.25) is 9.59 Å². The number of halogens is 3. The van der Waals surface area contributed by atoms with Gasteiger partial charge in [0, 0.05) is 23.7 Å². The number of hydrogen-bond donors (Lipinski definition) is 1. The van der Waals surface area contributed by atoms with Gasteiger partial charge in [0.1, 0.15) is 17.3 Å². The van der Waals surface area contributed by atoms with E-state index in [9.17, 15) is 18.4 Å². The predicted octanol–water partition coefficient (Wildman–Crippen LogP) is 3.61. The molecular formula is C17H13ClF2N2O2. The molecule has 1 aliphatic rings. The van der Waals surface area contributed by atoms with Crippen LogP contribution in [-0.4, -0.2) is 18.4 Å². The number of nitrogens with one attached hydrogen (secondary N) is 1. The molecule has 1 heterocycles. The third-order valence-corrected chi connectivity index (χ3v) is 4.07. The van der Waals surface area contributed by atoms with Gasteiger partial charge in [0.2, 0.25) is 11.8 Å². The molecule has 4 nitrogen and oxygen atoms in total. The third kappa shape index (κ3) is 3.23. The van der Waals surface area contributed by atoms with Crippen LogP contribution in [0.25, 0.3) is 0 Å². The molecule has 124 valence electrons. The summed E-state index contributed by atoms with van der Waals surface area (Å²) in [6, 6.07) is 9.88. The van der Waals surface area contributed by atoms with Gasteiger partial charge in [-0.05, 0) is 36.4 Å². The van der Waals surface area contributed by atoms with Crippen molar-refractivity contribution in [1.82, 2.24) is 0 Å². The highest BCUT2D eigenvalue weighted by atomic mass is 35.5. The number of para-hydroxylation sites is 1. The van der Waals surface area contributed by atoms with Crippen LogP contribution in [0.15, 0.2) is 42.5 Å². The van der Waals surface area contributed by atoms with Gasteiger partial charge < -0.3 is 10.2 Å². The summed E-state index contributed by atoms with van der Waals surface area (Å²) in [5.74, 6) is -3.23. The van der Waals surface area contributed by atoms with Crippen LogP contribution in [0.4, 0.5) is 20.2 Å². The van der Waals surface area contributed by atoms with Crippen molar-refractivity contribution in [2.45, 2.75) is 6.42 Å². The summed E-state index contributed by atoms with van der Waals surface area (Å²) in [4.78, 5) is 25.4. The van der Waals surface area contributed by atoms with E-state index in [0.717, 1.165) is 17.0 Å². The predicted molar refractivity (Wildman–Crippen MR) is 86.9 cm³/mol. The van der Waals surface area contributed by atoms with E-state index < -0.39 is 29.1 Å². The lowest BCUT2D eigenvalue weighted by atomic mass is 10.1. The monoisotopic (exact) mass is 350 g/mol. The van der Waals surface area contributed by atoms with Crippen molar-refractivity contribution in [1.29, 1.82) is 0 Å². The maximum atomic E-state index is 13.8. The summed E-state index contributed by atoms with van der Waals surface area (Å²) in [5.41, 5.74) is 0.122. The topological polar surface area (TPSA) is 49.4 Å². The summed E-state index contributed by atoms with van der Waals surface area (Å²) in [6.07, 6.45) is -0.104. The van der Waals surface area contributed by atoms with E-state index in [1.54, 1.807) is 24.3 Å². The number of amides is 2. The Labute approximate surface area is 142 Å². The summed E-state index contributed by atoms with van der Waals surface area (Å²) in [5, 5.41) is 3.20. The van der Waals surface area contributed by atoms with Gasteiger partial charge in [0.05, 0.1) is 5.92 Å². The van der Waals surface area contributed by atoms with Gasteiger partial charge in [-0.15, -0.1) is 0 Å². The first-order valence-electron chi connectivity index (χ1n) is 7.26. The molecule has 24 heavy (non-hydrogen) atoms.